The largest absolute Gasteiger partial charge is 0.335 e. The fourth-order valence-electron chi connectivity index (χ4n) is 2.27. The molecule has 1 fully saturated rings. The Hall–Kier alpha value is -1.65. The Kier molecular flexibility index (Phi) is 3.79. The summed E-state index contributed by atoms with van der Waals surface area (Å²) in [6, 6.07) is 2.76. The van der Waals surface area contributed by atoms with E-state index in [0.717, 1.165) is 31.4 Å². The normalized spacial score (nSPS) is 22.8. The van der Waals surface area contributed by atoms with Crippen molar-refractivity contribution >= 4 is 11.7 Å². The van der Waals surface area contributed by atoms with E-state index in [9.17, 15) is 13.6 Å². The highest BCUT2D eigenvalue weighted by atomic mass is 19.1. The molecule has 1 aromatic carbocycles. The van der Waals surface area contributed by atoms with Gasteiger partial charge in [0.1, 0.15) is 11.6 Å². The number of rotatable bonds is 2. The molecule has 0 bridgehead atoms. The van der Waals surface area contributed by atoms with E-state index in [0.29, 0.717) is 5.92 Å². The molecule has 98 valence electrons. The fourth-order valence-corrected chi connectivity index (χ4v) is 2.27. The Morgan fingerprint density at radius 1 is 1.33 bits per heavy atom. The molecule has 1 aromatic rings. The summed E-state index contributed by atoms with van der Waals surface area (Å²) >= 11 is 0. The number of carbonyl (C=O) groups excluding carboxylic acids is 1. The Balaban J connectivity index is 1.91. The summed E-state index contributed by atoms with van der Waals surface area (Å²) in [4.78, 5) is 11.6. The van der Waals surface area contributed by atoms with Gasteiger partial charge in [0, 0.05) is 12.1 Å². The van der Waals surface area contributed by atoms with E-state index in [2.05, 4.69) is 17.6 Å². The lowest BCUT2D eigenvalue weighted by Gasteiger charge is -2.13. The van der Waals surface area contributed by atoms with Crippen LogP contribution in [-0.2, 0) is 0 Å². The van der Waals surface area contributed by atoms with Crippen molar-refractivity contribution in [3.63, 3.8) is 0 Å². The van der Waals surface area contributed by atoms with Crippen LogP contribution in [-0.4, -0.2) is 12.1 Å². The molecular weight excluding hydrogens is 238 g/mol. The third-order valence-corrected chi connectivity index (χ3v) is 3.21. The molecule has 0 aromatic heterocycles. The minimum absolute atomic E-state index is 0.0139. The van der Waals surface area contributed by atoms with Crippen LogP contribution in [0.3, 0.4) is 0 Å². The van der Waals surface area contributed by atoms with Crippen LogP contribution in [0.4, 0.5) is 19.3 Å². The van der Waals surface area contributed by atoms with Crippen molar-refractivity contribution in [2.24, 2.45) is 5.92 Å². The first-order chi connectivity index (χ1) is 8.54. The summed E-state index contributed by atoms with van der Waals surface area (Å²) < 4.78 is 26.0. The molecule has 5 heteroatoms. The first-order valence-corrected chi connectivity index (χ1v) is 6.07. The van der Waals surface area contributed by atoms with E-state index in [1.54, 1.807) is 0 Å². The number of urea groups is 1. The van der Waals surface area contributed by atoms with E-state index in [4.69, 9.17) is 0 Å². The molecular formula is C13H16F2N2O. The number of amides is 2. The lowest BCUT2D eigenvalue weighted by molar-refractivity contribution is 0.248. The maximum atomic E-state index is 13.3. The van der Waals surface area contributed by atoms with Gasteiger partial charge in [-0.15, -0.1) is 0 Å². The van der Waals surface area contributed by atoms with E-state index >= 15 is 0 Å². The number of nitrogens with one attached hydrogen (secondary N) is 2. The van der Waals surface area contributed by atoms with Gasteiger partial charge in [-0.3, -0.25) is 0 Å². The van der Waals surface area contributed by atoms with Crippen molar-refractivity contribution in [2.45, 2.75) is 32.2 Å². The summed E-state index contributed by atoms with van der Waals surface area (Å²) in [5.74, 6) is -0.828. The average Bonchev–Trinajstić information content (AvgIpc) is 2.68. The first-order valence-electron chi connectivity index (χ1n) is 6.07. The highest BCUT2D eigenvalue weighted by Crippen LogP contribution is 2.24. The molecule has 0 radical (unpaired) electrons. The standard InChI is InChI=1S/C13H16F2N2O/c1-8-2-4-10(6-8)16-13(18)17-12-5-3-9(14)7-11(12)15/h3,5,7-8,10H,2,4,6H2,1H3,(H2,16,17,18). The molecule has 0 saturated heterocycles. The molecule has 0 spiro atoms. The highest BCUT2D eigenvalue weighted by molar-refractivity contribution is 5.89. The predicted molar refractivity (Wildman–Crippen MR) is 65.3 cm³/mol. The molecule has 2 rings (SSSR count). The van der Waals surface area contributed by atoms with Crippen LogP contribution in [0, 0.1) is 17.6 Å². The average molecular weight is 254 g/mol. The van der Waals surface area contributed by atoms with Gasteiger partial charge in [-0.1, -0.05) is 6.92 Å². The molecule has 0 aliphatic heterocycles. The van der Waals surface area contributed by atoms with E-state index in [1.807, 2.05) is 0 Å². The van der Waals surface area contributed by atoms with Crippen LogP contribution in [0.5, 0.6) is 0 Å². The van der Waals surface area contributed by atoms with Crippen molar-refractivity contribution in [1.82, 2.24) is 5.32 Å². The summed E-state index contributed by atoms with van der Waals surface area (Å²) in [6.45, 7) is 2.14. The Bertz CT molecular complexity index is 451. The SMILES string of the molecule is CC1CCC(NC(=O)Nc2ccc(F)cc2F)C1. The van der Waals surface area contributed by atoms with Crippen molar-refractivity contribution in [3.05, 3.63) is 29.8 Å². The summed E-state index contributed by atoms with van der Waals surface area (Å²) in [5.41, 5.74) is -0.0139. The van der Waals surface area contributed by atoms with Gasteiger partial charge < -0.3 is 10.6 Å². The van der Waals surface area contributed by atoms with Crippen molar-refractivity contribution in [2.75, 3.05) is 5.32 Å². The van der Waals surface area contributed by atoms with E-state index in [-0.39, 0.29) is 11.7 Å². The third kappa shape index (κ3) is 3.18. The van der Waals surface area contributed by atoms with Crippen LogP contribution in [0.1, 0.15) is 26.2 Å². The number of carbonyl (C=O) groups is 1. The topological polar surface area (TPSA) is 41.1 Å². The predicted octanol–water partition coefficient (Wildman–Crippen LogP) is 3.27. The molecule has 1 aliphatic carbocycles. The molecule has 2 amide bonds. The molecule has 1 saturated carbocycles. The van der Waals surface area contributed by atoms with E-state index < -0.39 is 17.7 Å². The summed E-state index contributed by atoms with van der Waals surface area (Å²) in [7, 11) is 0. The van der Waals surface area contributed by atoms with Crippen LogP contribution < -0.4 is 10.6 Å². The van der Waals surface area contributed by atoms with Crippen LogP contribution in [0.15, 0.2) is 18.2 Å². The van der Waals surface area contributed by atoms with Gasteiger partial charge in [-0.2, -0.15) is 0 Å². The number of hydrogen-bond acceptors (Lipinski definition) is 1. The minimum atomic E-state index is -0.773. The minimum Gasteiger partial charge on any atom is -0.335 e. The molecule has 2 atom stereocenters. The number of hydrogen-bond donors (Lipinski definition) is 2. The van der Waals surface area contributed by atoms with Gasteiger partial charge in [-0.05, 0) is 37.3 Å². The number of benzene rings is 1. The van der Waals surface area contributed by atoms with Gasteiger partial charge in [-0.25, -0.2) is 13.6 Å². The van der Waals surface area contributed by atoms with Gasteiger partial charge in [0.2, 0.25) is 0 Å². The van der Waals surface area contributed by atoms with Crippen LogP contribution in [0.2, 0.25) is 0 Å². The van der Waals surface area contributed by atoms with Crippen molar-refractivity contribution in [3.8, 4) is 0 Å². The molecule has 18 heavy (non-hydrogen) atoms. The lowest BCUT2D eigenvalue weighted by Crippen LogP contribution is -2.36. The quantitative estimate of drug-likeness (QED) is 0.835. The molecule has 0 heterocycles. The maximum Gasteiger partial charge on any atom is 0.319 e. The molecule has 2 unspecified atom stereocenters. The molecule has 2 N–H and O–H groups in total. The van der Waals surface area contributed by atoms with Gasteiger partial charge >= 0.3 is 6.03 Å². The van der Waals surface area contributed by atoms with Gasteiger partial charge in [0.05, 0.1) is 5.69 Å². The molecule has 3 nitrogen and oxygen atoms in total. The van der Waals surface area contributed by atoms with Crippen LogP contribution >= 0.6 is 0 Å². The van der Waals surface area contributed by atoms with Crippen LogP contribution in [0.25, 0.3) is 0 Å². The zero-order chi connectivity index (χ0) is 13.1. The Morgan fingerprint density at radius 3 is 2.72 bits per heavy atom. The summed E-state index contributed by atoms with van der Waals surface area (Å²) in [6.07, 6.45) is 2.98. The monoisotopic (exact) mass is 254 g/mol. The van der Waals surface area contributed by atoms with Crippen molar-refractivity contribution < 1.29 is 13.6 Å². The zero-order valence-electron chi connectivity index (χ0n) is 10.2. The summed E-state index contributed by atoms with van der Waals surface area (Å²) in [5, 5.41) is 5.18. The number of halogens is 2. The van der Waals surface area contributed by atoms with Crippen molar-refractivity contribution in [1.29, 1.82) is 0 Å². The fraction of sp³-hybridized carbons (Fsp3) is 0.462. The van der Waals surface area contributed by atoms with Gasteiger partial charge in [0.15, 0.2) is 0 Å². The second kappa shape index (κ2) is 5.33. The Labute approximate surface area is 105 Å². The maximum absolute atomic E-state index is 13.3. The van der Waals surface area contributed by atoms with Gasteiger partial charge in [0.25, 0.3) is 0 Å². The smallest absolute Gasteiger partial charge is 0.319 e. The second-order valence-corrected chi connectivity index (χ2v) is 4.84. The number of anilines is 1. The zero-order valence-corrected chi connectivity index (χ0v) is 10.2. The second-order valence-electron chi connectivity index (χ2n) is 4.84. The third-order valence-electron chi connectivity index (χ3n) is 3.21. The first kappa shape index (κ1) is 12.8. The highest BCUT2D eigenvalue weighted by Gasteiger charge is 2.22. The Morgan fingerprint density at radius 2 is 2.11 bits per heavy atom. The lowest BCUT2D eigenvalue weighted by atomic mass is 10.1. The van der Waals surface area contributed by atoms with E-state index in [1.165, 1.54) is 6.07 Å². The molecule has 1 aliphatic rings.